The average Bonchev–Trinajstić information content (AvgIpc) is 2.59. The number of amides is 3. The second-order valence-corrected chi connectivity index (χ2v) is 5.25. The van der Waals surface area contributed by atoms with E-state index in [1.54, 1.807) is 0 Å². The Balaban J connectivity index is 2.18. The summed E-state index contributed by atoms with van der Waals surface area (Å²) in [5.74, 6) is -4.17. The summed E-state index contributed by atoms with van der Waals surface area (Å²) in [4.78, 5) is 25.1. The molecule has 2 rings (SSSR count). The molecule has 0 aliphatic rings. The van der Waals surface area contributed by atoms with Crippen molar-refractivity contribution in [3.8, 4) is 5.75 Å². The first-order chi connectivity index (χ1) is 13.1. The fourth-order valence-corrected chi connectivity index (χ4v) is 2.11. The van der Waals surface area contributed by atoms with Crippen molar-refractivity contribution in [3.63, 3.8) is 0 Å². The second kappa shape index (κ2) is 8.65. The van der Waals surface area contributed by atoms with Gasteiger partial charge in [0.05, 0.1) is 0 Å². The Morgan fingerprint density at radius 1 is 1.04 bits per heavy atom. The number of imide groups is 1. The van der Waals surface area contributed by atoms with E-state index in [1.165, 1.54) is 0 Å². The maximum absolute atomic E-state index is 13.8. The van der Waals surface area contributed by atoms with E-state index in [-0.39, 0.29) is 5.69 Å². The van der Waals surface area contributed by atoms with E-state index in [0.717, 1.165) is 49.6 Å². The summed E-state index contributed by atoms with van der Waals surface area (Å²) in [6, 6.07) is 5.66. The monoisotopic (exact) mass is 404 g/mol. The van der Waals surface area contributed by atoms with Gasteiger partial charge in [-0.3, -0.25) is 4.79 Å². The zero-order chi connectivity index (χ0) is 20.9. The highest BCUT2D eigenvalue weighted by Crippen LogP contribution is 2.24. The molecule has 2 aromatic rings. The topological polar surface area (TPSA) is 67.9 Å². The predicted octanol–water partition coefficient (Wildman–Crippen LogP) is 4.14. The number of alkyl halides is 3. The van der Waals surface area contributed by atoms with Gasteiger partial charge in [0.1, 0.15) is 29.7 Å². The smallest absolute Gasteiger partial charge is 0.406 e. The van der Waals surface area contributed by atoms with E-state index in [2.05, 4.69) is 10.1 Å². The Morgan fingerprint density at radius 3 is 2.11 bits per heavy atom. The molecular formula is C17H13F5N2O4. The van der Waals surface area contributed by atoms with Gasteiger partial charge in [-0.1, -0.05) is 6.07 Å². The lowest BCUT2D eigenvalue weighted by molar-refractivity contribution is -0.274. The van der Waals surface area contributed by atoms with Crippen LogP contribution in [0, 0.1) is 11.6 Å². The van der Waals surface area contributed by atoms with Crippen molar-refractivity contribution in [3.05, 3.63) is 59.7 Å². The molecule has 0 saturated carbocycles. The number of nitrogens with zero attached hydrogens (tertiary/aromatic N) is 1. The van der Waals surface area contributed by atoms with Gasteiger partial charge in [-0.15, -0.1) is 13.2 Å². The number of hydrogen-bond donors (Lipinski definition) is 1. The molecule has 0 bridgehead atoms. The van der Waals surface area contributed by atoms with E-state index in [4.69, 9.17) is 4.74 Å². The highest BCUT2D eigenvalue weighted by molar-refractivity contribution is 6.08. The normalized spacial score (nSPS) is 11.1. The molecule has 0 aliphatic carbocycles. The Hall–Kier alpha value is -3.21. The lowest BCUT2D eigenvalue weighted by Crippen LogP contribution is -2.42. The standard InChI is InChI=1S/C17H13F5N2O4/c1-27-9-24(15(25)14-12(18)3-2-4-13(14)19)16(26)23-10-5-7-11(8-6-10)28-17(20,21)22/h2-8H,9H2,1H3,(H,23,26). The summed E-state index contributed by atoms with van der Waals surface area (Å²) in [6.07, 6.45) is -4.88. The van der Waals surface area contributed by atoms with Gasteiger partial charge in [0.25, 0.3) is 5.91 Å². The Bertz CT molecular complexity index is 835. The molecule has 28 heavy (non-hydrogen) atoms. The van der Waals surface area contributed by atoms with Crippen LogP contribution in [0.4, 0.5) is 32.4 Å². The van der Waals surface area contributed by atoms with Gasteiger partial charge in [-0.25, -0.2) is 18.5 Å². The molecule has 0 aliphatic heterocycles. The number of ether oxygens (including phenoxy) is 2. The first kappa shape index (κ1) is 21.1. The van der Waals surface area contributed by atoms with Gasteiger partial charge in [0.15, 0.2) is 0 Å². The molecule has 0 radical (unpaired) electrons. The van der Waals surface area contributed by atoms with Crippen LogP contribution >= 0.6 is 0 Å². The summed E-state index contributed by atoms with van der Waals surface area (Å²) in [5.41, 5.74) is -0.953. The van der Waals surface area contributed by atoms with Gasteiger partial charge in [0, 0.05) is 12.8 Å². The molecule has 0 spiro atoms. The van der Waals surface area contributed by atoms with Crippen molar-refractivity contribution < 1.29 is 41.0 Å². The average molecular weight is 404 g/mol. The van der Waals surface area contributed by atoms with Gasteiger partial charge in [-0.05, 0) is 36.4 Å². The Labute approximate surface area is 155 Å². The van der Waals surface area contributed by atoms with Crippen LogP contribution < -0.4 is 10.1 Å². The molecule has 6 nitrogen and oxygen atoms in total. The minimum Gasteiger partial charge on any atom is -0.406 e. The van der Waals surface area contributed by atoms with E-state index in [1.807, 2.05) is 0 Å². The van der Waals surface area contributed by atoms with Crippen LogP contribution in [0.5, 0.6) is 5.75 Å². The molecule has 2 aromatic carbocycles. The number of carbonyl (C=O) groups excluding carboxylic acids is 2. The number of methoxy groups -OCH3 is 1. The number of benzene rings is 2. The molecule has 3 amide bonds. The summed E-state index contributed by atoms with van der Waals surface area (Å²) in [6.45, 7) is -0.631. The van der Waals surface area contributed by atoms with Crippen LogP contribution in [-0.4, -0.2) is 37.0 Å². The molecule has 0 unspecified atom stereocenters. The molecule has 0 saturated heterocycles. The number of carbonyl (C=O) groups is 2. The van der Waals surface area contributed by atoms with E-state index < -0.39 is 48.0 Å². The quantitative estimate of drug-likeness (QED) is 0.601. The first-order valence-corrected chi connectivity index (χ1v) is 7.54. The lowest BCUT2D eigenvalue weighted by atomic mass is 10.1. The number of urea groups is 1. The predicted molar refractivity (Wildman–Crippen MR) is 86.5 cm³/mol. The molecule has 11 heteroatoms. The number of rotatable bonds is 5. The van der Waals surface area contributed by atoms with Crippen molar-refractivity contribution in [1.82, 2.24) is 4.90 Å². The second-order valence-electron chi connectivity index (χ2n) is 5.25. The van der Waals surface area contributed by atoms with E-state index in [0.29, 0.717) is 4.90 Å². The molecule has 0 aromatic heterocycles. The molecular weight excluding hydrogens is 391 g/mol. The molecule has 1 N–H and O–H groups in total. The van der Waals surface area contributed by atoms with Gasteiger partial charge < -0.3 is 14.8 Å². The highest BCUT2D eigenvalue weighted by atomic mass is 19.4. The zero-order valence-corrected chi connectivity index (χ0v) is 14.2. The molecule has 150 valence electrons. The van der Waals surface area contributed by atoms with Crippen LogP contribution in [0.15, 0.2) is 42.5 Å². The SMILES string of the molecule is COCN(C(=O)Nc1ccc(OC(F)(F)F)cc1)C(=O)c1c(F)cccc1F. The summed E-state index contributed by atoms with van der Waals surface area (Å²) < 4.78 is 72.5. The molecule has 0 atom stereocenters. The molecule has 0 heterocycles. The first-order valence-electron chi connectivity index (χ1n) is 7.54. The van der Waals surface area contributed by atoms with Crippen molar-refractivity contribution in [2.24, 2.45) is 0 Å². The lowest BCUT2D eigenvalue weighted by Gasteiger charge is -2.21. The van der Waals surface area contributed by atoms with Crippen molar-refractivity contribution in [1.29, 1.82) is 0 Å². The number of hydrogen-bond acceptors (Lipinski definition) is 4. The Kier molecular flexibility index (Phi) is 6.52. The fraction of sp³-hybridized carbons (Fsp3) is 0.176. The zero-order valence-electron chi connectivity index (χ0n) is 14.2. The minimum atomic E-state index is -4.88. The molecule has 0 fully saturated rings. The van der Waals surface area contributed by atoms with Gasteiger partial charge in [-0.2, -0.15) is 0 Å². The third kappa shape index (κ3) is 5.39. The van der Waals surface area contributed by atoms with Crippen molar-refractivity contribution >= 4 is 17.6 Å². The van der Waals surface area contributed by atoms with Crippen LogP contribution in [-0.2, 0) is 4.74 Å². The largest absolute Gasteiger partial charge is 0.573 e. The summed E-state index contributed by atoms with van der Waals surface area (Å²) >= 11 is 0. The fourth-order valence-electron chi connectivity index (χ4n) is 2.11. The van der Waals surface area contributed by atoms with Crippen LogP contribution in [0.1, 0.15) is 10.4 Å². The van der Waals surface area contributed by atoms with E-state index in [9.17, 15) is 31.5 Å². The van der Waals surface area contributed by atoms with Crippen molar-refractivity contribution in [2.75, 3.05) is 19.2 Å². The minimum absolute atomic E-state index is 0.00225. The van der Waals surface area contributed by atoms with Gasteiger partial charge in [0.2, 0.25) is 0 Å². The van der Waals surface area contributed by atoms with E-state index >= 15 is 0 Å². The third-order valence-electron chi connectivity index (χ3n) is 3.26. The highest BCUT2D eigenvalue weighted by Gasteiger charge is 2.31. The number of halogens is 5. The number of anilines is 1. The maximum atomic E-state index is 13.8. The van der Waals surface area contributed by atoms with Gasteiger partial charge >= 0.3 is 12.4 Å². The van der Waals surface area contributed by atoms with Crippen LogP contribution in [0.3, 0.4) is 0 Å². The van der Waals surface area contributed by atoms with Crippen LogP contribution in [0.25, 0.3) is 0 Å². The summed E-state index contributed by atoms with van der Waals surface area (Å²) in [7, 11) is 1.15. The third-order valence-corrected chi connectivity index (χ3v) is 3.26. The maximum Gasteiger partial charge on any atom is 0.573 e. The Morgan fingerprint density at radius 2 is 1.61 bits per heavy atom. The summed E-state index contributed by atoms with van der Waals surface area (Å²) in [5, 5.41) is 2.21. The van der Waals surface area contributed by atoms with Crippen molar-refractivity contribution in [2.45, 2.75) is 6.36 Å². The number of nitrogens with one attached hydrogen (secondary N) is 1. The van der Waals surface area contributed by atoms with Crippen LogP contribution in [0.2, 0.25) is 0 Å².